The number of aromatic amines is 1. The molecule has 3 rings (SSSR count). The van der Waals surface area contributed by atoms with Crippen molar-refractivity contribution in [1.82, 2.24) is 14.9 Å². The molecule has 1 saturated heterocycles. The lowest BCUT2D eigenvalue weighted by atomic mass is 9.85. The van der Waals surface area contributed by atoms with Crippen LogP contribution in [0, 0.1) is 0 Å². The normalized spacial score (nSPS) is 18.2. The molecule has 0 bridgehead atoms. The zero-order chi connectivity index (χ0) is 17.3. The van der Waals surface area contributed by atoms with Crippen molar-refractivity contribution in [2.24, 2.45) is 7.05 Å². The van der Waals surface area contributed by atoms with Gasteiger partial charge in [0.15, 0.2) is 0 Å². The number of carbonyl (C=O) groups is 2. The molecular weight excluding hydrogens is 374 g/mol. The molecule has 24 heavy (non-hydrogen) atoms. The highest BCUT2D eigenvalue weighted by Crippen LogP contribution is 2.32. The van der Waals surface area contributed by atoms with Crippen LogP contribution in [0.3, 0.4) is 0 Å². The van der Waals surface area contributed by atoms with Crippen molar-refractivity contribution in [3.8, 4) is 0 Å². The number of hydrogen-bond donors (Lipinski definition) is 2. The molecule has 2 heterocycles. The number of aryl methyl sites for hydroxylation is 2. The number of nitrogens with one attached hydrogen (secondary N) is 2. The van der Waals surface area contributed by atoms with Gasteiger partial charge >= 0.3 is 5.69 Å². The van der Waals surface area contributed by atoms with Crippen LogP contribution in [0.5, 0.6) is 0 Å². The molecule has 6 nitrogen and oxygen atoms in total. The van der Waals surface area contributed by atoms with Gasteiger partial charge in [-0.2, -0.15) is 0 Å². The Morgan fingerprint density at radius 1 is 1.25 bits per heavy atom. The lowest BCUT2D eigenvalue weighted by molar-refractivity contribution is -0.134. The third-order valence-corrected chi connectivity index (χ3v) is 5.19. The van der Waals surface area contributed by atoms with Gasteiger partial charge in [-0.3, -0.25) is 19.5 Å². The highest BCUT2D eigenvalue weighted by Gasteiger charge is 2.30. The van der Waals surface area contributed by atoms with Gasteiger partial charge in [-0.25, -0.2) is 4.79 Å². The van der Waals surface area contributed by atoms with Crippen LogP contribution in [0.4, 0.5) is 0 Å². The second-order valence-electron chi connectivity index (χ2n) is 6.17. The van der Waals surface area contributed by atoms with E-state index in [4.69, 9.17) is 0 Å². The number of piperidine rings is 1. The van der Waals surface area contributed by atoms with Gasteiger partial charge in [0.05, 0.1) is 17.0 Å². The summed E-state index contributed by atoms with van der Waals surface area (Å²) in [4.78, 5) is 38.6. The van der Waals surface area contributed by atoms with E-state index in [0.29, 0.717) is 12.8 Å². The zero-order valence-corrected chi connectivity index (χ0v) is 15.1. The molecule has 1 aromatic carbocycles. The number of unbranched alkanes of at least 4 members (excludes halogenated alkanes) is 1. The highest BCUT2D eigenvalue weighted by molar-refractivity contribution is 9.09. The van der Waals surface area contributed by atoms with Crippen molar-refractivity contribution in [2.45, 2.75) is 38.0 Å². The van der Waals surface area contributed by atoms with Crippen LogP contribution in [0.2, 0.25) is 0 Å². The molecule has 1 fully saturated rings. The molecule has 7 heteroatoms. The van der Waals surface area contributed by atoms with Crippen LogP contribution in [-0.2, 0) is 23.1 Å². The van der Waals surface area contributed by atoms with Gasteiger partial charge in [0, 0.05) is 18.8 Å². The number of imidazole rings is 1. The number of H-pyrrole nitrogens is 1. The Labute approximate surface area is 147 Å². The van der Waals surface area contributed by atoms with Crippen LogP contribution < -0.4 is 11.0 Å². The average molecular weight is 394 g/mol. The number of fused-ring (bicyclic) bond motifs is 1. The molecule has 128 valence electrons. The Balaban J connectivity index is 2.10. The van der Waals surface area contributed by atoms with E-state index in [1.54, 1.807) is 11.6 Å². The SMILES string of the molecule is Cn1c(=O)[nH]c2ccc(C3CCC(=O)NC3=O)c(CCCCBr)c21. The maximum Gasteiger partial charge on any atom is 0.326 e. The van der Waals surface area contributed by atoms with Crippen LogP contribution in [0.15, 0.2) is 16.9 Å². The number of rotatable bonds is 5. The number of aromatic nitrogens is 2. The Kier molecular flexibility index (Phi) is 4.89. The number of halogens is 1. The summed E-state index contributed by atoms with van der Waals surface area (Å²) in [7, 11) is 1.74. The molecule has 2 amide bonds. The van der Waals surface area contributed by atoms with E-state index in [2.05, 4.69) is 26.2 Å². The van der Waals surface area contributed by atoms with Gasteiger partial charge in [0.2, 0.25) is 11.8 Å². The minimum absolute atomic E-state index is 0.160. The predicted octanol–water partition coefficient (Wildman–Crippen LogP) is 2.10. The second-order valence-corrected chi connectivity index (χ2v) is 6.96. The molecule has 0 radical (unpaired) electrons. The summed E-state index contributed by atoms with van der Waals surface area (Å²) in [5, 5.41) is 3.35. The van der Waals surface area contributed by atoms with E-state index >= 15 is 0 Å². The Morgan fingerprint density at radius 3 is 2.75 bits per heavy atom. The Hall–Kier alpha value is -1.89. The quantitative estimate of drug-likeness (QED) is 0.463. The van der Waals surface area contributed by atoms with Crippen LogP contribution in [-0.4, -0.2) is 26.7 Å². The maximum absolute atomic E-state index is 12.3. The molecule has 0 aliphatic carbocycles. The third-order valence-electron chi connectivity index (χ3n) is 4.63. The first kappa shape index (κ1) is 17.0. The fraction of sp³-hybridized carbons (Fsp3) is 0.471. The van der Waals surface area contributed by atoms with E-state index in [0.717, 1.165) is 46.8 Å². The standard InChI is InChI=1S/C17H20BrN3O3/c1-21-15-11(4-2-3-9-18)10(5-7-13(15)19-17(21)24)12-6-8-14(22)20-16(12)23/h5,7,12H,2-4,6,8-9H2,1H3,(H,19,24)(H,20,22,23). The molecule has 0 spiro atoms. The fourth-order valence-electron chi connectivity index (χ4n) is 3.41. The topological polar surface area (TPSA) is 84.0 Å². The van der Waals surface area contributed by atoms with Crippen molar-refractivity contribution in [3.63, 3.8) is 0 Å². The number of carbonyl (C=O) groups excluding carboxylic acids is 2. The summed E-state index contributed by atoms with van der Waals surface area (Å²) in [6, 6.07) is 3.77. The van der Waals surface area contributed by atoms with E-state index in [1.165, 1.54) is 0 Å². The molecule has 1 aromatic heterocycles. The average Bonchev–Trinajstić information content (AvgIpc) is 2.83. The van der Waals surface area contributed by atoms with Gasteiger partial charge in [0.1, 0.15) is 0 Å². The summed E-state index contributed by atoms with van der Waals surface area (Å²) in [6.07, 6.45) is 3.63. The summed E-state index contributed by atoms with van der Waals surface area (Å²) in [6.45, 7) is 0. The molecule has 2 aromatic rings. The van der Waals surface area contributed by atoms with E-state index in [-0.39, 0.29) is 23.4 Å². The van der Waals surface area contributed by atoms with Crippen molar-refractivity contribution >= 4 is 38.8 Å². The third kappa shape index (κ3) is 3.05. The van der Waals surface area contributed by atoms with Crippen LogP contribution in [0.25, 0.3) is 11.0 Å². The number of amides is 2. The number of alkyl halides is 1. The predicted molar refractivity (Wildman–Crippen MR) is 95.4 cm³/mol. The molecule has 2 N–H and O–H groups in total. The van der Waals surface area contributed by atoms with E-state index in [1.807, 2.05) is 12.1 Å². The fourth-order valence-corrected chi connectivity index (χ4v) is 3.81. The molecule has 1 aliphatic heterocycles. The van der Waals surface area contributed by atoms with E-state index in [9.17, 15) is 14.4 Å². The maximum atomic E-state index is 12.3. The molecule has 0 saturated carbocycles. The Bertz CT molecular complexity index is 853. The van der Waals surface area contributed by atoms with Crippen LogP contribution in [0.1, 0.15) is 42.7 Å². The molecule has 1 aliphatic rings. The van der Waals surface area contributed by atoms with E-state index < -0.39 is 0 Å². The largest absolute Gasteiger partial charge is 0.326 e. The molecule has 1 unspecified atom stereocenters. The van der Waals surface area contributed by atoms with Gasteiger partial charge < -0.3 is 4.98 Å². The number of nitrogens with zero attached hydrogens (tertiary/aromatic N) is 1. The van der Waals surface area contributed by atoms with Gasteiger partial charge in [0.25, 0.3) is 0 Å². The van der Waals surface area contributed by atoms with Gasteiger partial charge in [-0.05, 0) is 42.9 Å². The smallest absolute Gasteiger partial charge is 0.306 e. The second kappa shape index (κ2) is 6.93. The highest BCUT2D eigenvalue weighted by atomic mass is 79.9. The lowest BCUT2D eigenvalue weighted by Gasteiger charge is -2.24. The molecule has 1 atom stereocenters. The summed E-state index contributed by atoms with van der Waals surface area (Å²) in [5.74, 6) is -0.795. The van der Waals surface area contributed by atoms with Gasteiger partial charge in [-0.15, -0.1) is 0 Å². The van der Waals surface area contributed by atoms with Crippen molar-refractivity contribution in [3.05, 3.63) is 33.7 Å². The van der Waals surface area contributed by atoms with Crippen molar-refractivity contribution in [2.75, 3.05) is 5.33 Å². The first-order valence-corrected chi connectivity index (χ1v) is 9.25. The van der Waals surface area contributed by atoms with Gasteiger partial charge in [-0.1, -0.05) is 22.0 Å². The summed E-state index contributed by atoms with van der Waals surface area (Å²) < 4.78 is 1.61. The lowest BCUT2D eigenvalue weighted by Crippen LogP contribution is -2.39. The van der Waals surface area contributed by atoms with Crippen LogP contribution >= 0.6 is 15.9 Å². The minimum Gasteiger partial charge on any atom is -0.306 e. The van der Waals surface area contributed by atoms with Crippen molar-refractivity contribution in [1.29, 1.82) is 0 Å². The number of benzene rings is 1. The monoisotopic (exact) mass is 393 g/mol. The number of imide groups is 1. The minimum atomic E-state index is -0.337. The molecular formula is C17H20BrN3O3. The van der Waals surface area contributed by atoms with Crippen molar-refractivity contribution < 1.29 is 9.59 Å². The number of hydrogen-bond acceptors (Lipinski definition) is 3. The first-order valence-electron chi connectivity index (χ1n) is 8.13. The summed E-state index contributed by atoms with van der Waals surface area (Å²) in [5.41, 5.74) is 3.44. The Morgan fingerprint density at radius 2 is 2.04 bits per heavy atom. The zero-order valence-electron chi connectivity index (χ0n) is 13.5. The summed E-state index contributed by atoms with van der Waals surface area (Å²) >= 11 is 3.44. The first-order chi connectivity index (χ1) is 11.5.